The number of rotatable bonds is 7. The molecule has 0 saturated carbocycles. The summed E-state index contributed by atoms with van der Waals surface area (Å²) < 4.78 is 67.3. The molecule has 2 rings (SSSR count). The van der Waals surface area contributed by atoms with Crippen molar-refractivity contribution in [1.29, 1.82) is 0 Å². The SMILES string of the molecule is CCOC(=O)CN=C(C(Cl)=C(N)C(F)(F)F)c1nnc(-c2cccc(S(C)(=O)=O)c2)s1. The molecule has 1 aromatic carbocycles. The summed E-state index contributed by atoms with van der Waals surface area (Å²) in [5.41, 5.74) is 3.35. The minimum absolute atomic E-state index is 0.0252. The first-order chi connectivity index (χ1) is 14.3. The second-order valence-electron chi connectivity index (χ2n) is 5.91. The second kappa shape index (κ2) is 9.75. The quantitative estimate of drug-likeness (QED) is 0.461. The number of aliphatic imine (C=N–C) groups is 1. The van der Waals surface area contributed by atoms with Gasteiger partial charge in [0.2, 0.25) is 0 Å². The monoisotopic (exact) mass is 496 g/mol. The van der Waals surface area contributed by atoms with E-state index in [2.05, 4.69) is 15.2 Å². The van der Waals surface area contributed by atoms with E-state index < -0.39 is 45.0 Å². The number of carbonyl (C=O) groups is 1. The molecule has 0 aliphatic heterocycles. The Bertz CT molecular complexity index is 1140. The highest BCUT2D eigenvalue weighted by Gasteiger charge is 2.36. The Morgan fingerprint density at radius 1 is 1.32 bits per heavy atom. The van der Waals surface area contributed by atoms with Gasteiger partial charge in [-0.1, -0.05) is 35.1 Å². The summed E-state index contributed by atoms with van der Waals surface area (Å²) >= 11 is 6.62. The highest BCUT2D eigenvalue weighted by atomic mass is 35.5. The van der Waals surface area contributed by atoms with Gasteiger partial charge in [0.1, 0.15) is 23.0 Å². The molecule has 0 radical (unpaired) electrons. The molecular weight excluding hydrogens is 481 g/mol. The fourth-order valence-corrected chi connectivity index (χ4v) is 3.96. The third kappa shape index (κ3) is 6.48. The van der Waals surface area contributed by atoms with Gasteiger partial charge in [-0.25, -0.2) is 8.42 Å². The van der Waals surface area contributed by atoms with Crippen LogP contribution < -0.4 is 5.73 Å². The molecule has 1 heterocycles. The van der Waals surface area contributed by atoms with Crippen molar-refractivity contribution in [2.24, 2.45) is 10.7 Å². The minimum atomic E-state index is -4.95. The highest BCUT2D eigenvalue weighted by Crippen LogP contribution is 2.31. The predicted octanol–water partition coefficient (Wildman–Crippen LogP) is 2.93. The maximum atomic E-state index is 13.0. The maximum Gasteiger partial charge on any atom is 0.432 e. The number of allylic oxidation sites excluding steroid dienone is 2. The summed E-state index contributed by atoms with van der Waals surface area (Å²) in [5.74, 6) is -0.791. The summed E-state index contributed by atoms with van der Waals surface area (Å²) in [7, 11) is -3.50. The lowest BCUT2D eigenvalue weighted by molar-refractivity contribution is -0.141. The average Bonchev–Trinajstić information content (AvgIpc) is 3.16. The molecule has 0 aliphatic carbocycles. The van der Waals surface area contributed by atoms with Gasteiger partial charge in [0, 0.05) is 11.8 Å². The predicted molar refractivity (Wildman–Crippen MR) is 110 cm³/mol. The maximum absolute atomic E-state index is 13.0. The van der Waals surface area contributed by atoms with Crippen LogP contribution in [0, 0.1) is 0 Å². The van der Waals surface area contributed by atoms with Gasteiger partial charge in [-0.3, -0.25) is 9.79 Å². The standard InChI is InChI=1S/C17H16ClF3N4O4S2/c1-3-29-11(26)8-23-13(12(18)14(22)17(19,20)21)16-25-24-15(30-16)9-5-4-6-10(7-9)31(2,27)28/h4-7H,3,8,22H2,1-2H3. The fraction of sp³-hybridized carbons (Fsp3) is 0.294. The molecule has 0 fully saturated rings. The van der Waals surface area contributed by atoms with Crippen molar-refractivity contribution < 1.29 is 31.1 Å². The van der Waals surface area contributed by atoms with Gasteiger partial charge in [-0.05, 0) is 19.1 Å². The zero-order chi connectivity index (χ0) is 23.4. The van der Waals surface area contributed by atoms with Gasteiger partial charge in [-0.15, -0.1) is 10.2 Å². The van der Waals surface area contributed by atoms with Crippen LogP contribution in [0.25, 0.3) is 10.6 Å². The van der Waals surface area contributed by atoms with Gasteiger partial charge in [0.15, 0.2) is 14.8 Å². The molecule has 168 valence electrons. The number of alkyl halides is 3. The molecule has 0 bridgehead atoms. The summed E-state index contributed by atoms with van der Waals surface area (Å²) in [5, 5.41) is 6.75. The van der Waals surface area contributed by atoms with Gasteiger partial charge >= 0.3 is 12.1 Å². The number of nitrogens with two attached hydrogens (primary N) is 1. The third-order valence-electron chi connectivity index (χ3n) is 3.56. The van der Waals surface area contributed by atoms with Gasteiger partial charge < -0.3 is 10.5 Å². The van der Waals surface area contributed by atoms with E-state index in [1.54, 1.807) is 13.0 Å². The van der Waals surface area contributed by atoms with Crippen LogP contribution in [-0.4, -0.2) is 55.9 Å². The lowest BCUT2D eigenvalue weighted by Crippen LogP contribution is -2.23. The minimum Gasteiger partial charge on any atom is -0.465 e. The second-order valence-corrected chi connectivity index (χ2v) is 9.28. The van der Waals surface area contributed by atoms with Gasteiger partial charge in [0.25, 0.3) is 0 Å². The van der Waals surface area contributed by atoms with Gasteiger partial charge in [-0.2, -0.15) is 13.2 Å². The van der Waals surface area contributed by atoms with E-state index in [1.807, 2.05) is 0 Å². The normalized spacial score (nSPS) is 13.7. The Balaban J connectivity index is 2.53. The van der Waals surface area contributed by atoms with E-state index >= 15 is 0 Å². The van der Waals surface area contributed by atoms with Crippen LogP contribution >= 0.6 is 22.9 Å². The largest absolute Gasteiger partial charge is 0.465 e. The molecule has 2 aromatic rings. The van der Waals surface area contributed by atoms with Crippen molar-refractivity contribution in [3.8, 4) is 10.6 Å². The summed E-state index contributed by atoms with van der Waals surface area (Å²) in [6.45, 7) is 0.985. The summed E-state index contributed by atoms with van der Waals surface area (Å²) in [6.07, 6.45) is -3.92. The van der Waals surface area contributed by atoms with Crippen molar-refractivity contribution in [1.82, 2.24) is 10.2 Å². The molecule has 8 nitrogen and oxygen atoms in total. The molecule has 0 spiro atoms. The first kappa shape index (κ1) is 24.8. The number of nitrogens with zero attached hydrogens (tertiary/aromatic N) is 3. The van der Waals surface area contributed by atoms with Crippen LogP contribution in [0.1, 0.15) is 11.9 Å². The average molecular weight is 497 g/mol. The van der Waals surface area contributed by atoms with Crippen LogP contribution in [-0.2, 0) is 19.4 Å². The topological polar surface area (TPSA) is 125 Å². The van der Waals surface area contributed by atoms with Crippen molar-refractivity contribution in [2.45, 2.75) is 18.0 Å². The number of benzene rings is 1. The van der Waals surface area contributed by atoms with Crippen molar-refractivity contribution in [3.05, 3.63) is 40.0 Å². The number of aromatic nitrogens is 2. The number of halogens is 4. The molecule has 0 saturated heterocycles. The smallest absolute Gasteiger partial charge is 0.432 e. The van der Waals surface area contributed by atoms with E-state index in [4.69, 9.17) is 22.1 Å². The Kier molecular flexibility index (Phi) is 7.78. The Hall–Kier alpha value is -2.51. The summed E-state index contributed by atoms with van der Waals surface area (Å²) in [4.78, 5) is 15.4. The van der Waals surface area contributed by atoms with Crippen LogP contribution in [0.4, 0.5) is 13.2 Å². The van der Waals surface area contributed by atoms with Gasteiger partial charge in [0.05, 0.1) is 16.5 Å². The Morgan fingerprint density at radius 3 is 2.58 bits per heavy atom. The molecule has 0 aliphatic rings. The van der Waals surface area contributed by atoms with Crippen molar-refractivity contribution in [3.63, 3.8) is 0 Å². The zero-order valence-corrected chi connectivity index (χ0v) is 18.5. The lowest BCUT2D eigenvalue weighted by atomic mass is 10.2. The van der Waals surface area contributed by atoms with E-state index in [0.717, 1.165) is 17.6 Å². The number of ether oxygens (including phenoxy) is 1. The fourth-order valence-electron chi connectivity index (χ4n) is 2.13. The third-order valence-corrected chi connectivity index (χ3v) is 6.03. The molecule has 14 heteroatoms. The van der Waals surface area contributed by atoms with Crippen LogP contribution in [0.15, 0.2) is 44.9 Å². The molecule has 1 aromatic heterocycles. The number of sulfone groups is 1. The lowest BCUT2D eigenvalue weighted by Gasteiger charge is -2.10. The van der Waals surface area contributed by atoms with Crippen LogP contribution in [0.5, 0.6) is 0 Å². The number of carbonyl (C=O) groups excluding carboxylic acids is 1. The zero-order valence-electron chi connectivity index (χ0n) is 16.1. The van der Waals surface area contributed by atoms with E-state index in [0.29, 0.717) is 5.56 Å². The highest BCUT2D eigenvalue weighted by molar-refractivity contribution is 7.90. The Labute approximate surface area is 184 Å². The van der Waals surface area contributed by atoms with Crippen LogP contribution in [0.3, 0.4) is 0 Å². The van der Waals surface area contributed by atoms with Crippen LogP contribution in [0.2, 0.25) is 0 Å². The molecule has 0 amide bonds. The summed E-state index contributed by atoms with van der Waals surface area (Å²) in [6, 6.07) is 5.76. The van der Waals surface area contributed by atoms with Crippen molar-refractivity contribution in [2.75, 3.05) is 19.4 Å². The molecule has 2 N–H and O–H groups in total. The Morgan fingerprint density at radius 2 is 2.00 bits per heavy atom. The number of esters is 1. The first-order valence-electron chi connectivity index (χ1n) is 8.41. The van der Waals surface area contributed by atoms with E-state index in [1.165, 1.54) is 18.2 Å². The molecule has 0 atom stereocenters. The van der Waals surface area contributed by atoms with E-state index in [-0.39, 0.29) is 21.5 Å². The molecular formula is C17H16ClF3N4O4S2. The number of hydrogen-bond donors (Lipinski definition) is 1. The van der Waals surface area contributed by atoms with Crippen molar-refractivity contribution >= 4 is 44.5 Å². The first-order valence-corrected chi connectivity index (χ1v) is 11.5. The molecule has 0 unspecified atom stereocenters. The molecule has 31 heavy (non-hydrogen) atoms. The van der Waals surface area contributed by atoms with E-state index in [9.17, 15) is 26.4 Å². The number of hydrogen-bond acceptors (Lipinski definition) is 9.